The Morgan fingerprint density at radius 1 is 1.23 bits per heavy atom. The molecule has 1 saturated heterocycles. The van der Waals surface area contributed by atoms with Crippen molar-refractivity contribution in [2.45, 2.75) is 57.0 Å². The summed E-state index contributed by atoms with van der Waals surface area (Å²) >= 11 is 0. The Hall–Kier alpha value is -2.67. The number of aliphatic hydroxyl groups is 1. The minimum atomic E-state index is -0.469. The lowest BCUT2D eigenvalue weighted by molar-refractivity contribution is -0.148. The van der Waals surface area contributed by atoms with Gasteiger partial charge in [-0.05, 0) is 37.7 Å². The molecule has 0 aliphatic carbocycles. The van der Waals surface area contributed by atoms with E-state index >= 15 is 0 Å². The number of allylic oxidation sites excluding steroid dienone is 2. The molecule has 0 bridgehead atoms. The van der Waals surface area contributed by atoms with Crippen molar-refractivity contribution in [3.05, 3.63) is 48.0 Å². The summed E-state index contributed by atoms with van der Waals surface area (Å²) in [4.78, 5) is 39.5. The maximum Gasteiger partial charge on any atom is 0.306 e. The van der Waals surface area contributed by atoms with Crippen molar-refractivity contribution >= 4 is 17.8 Å². The first-order chi connectivity index (χ1) is 15.1. The van der Waals surface area contributed by atoms with Crippen LogP contribution in [0, 0.1) is 5.92 Å². The van der Waals surface area contributed by atoms with E-state index in [1.165, 1.54) is 0 Å². The Morgan fingerprint density at radius 3 is 2.81 bits per heavy atom. The zero-order valence-corrected chi connectivity index (χ0v) is 17.9. The molecule has 0 radical (unpaired) electrons. The molecule has 7 nitrogen and oxygen atoms in total. The van der Waals surface area contributed by atoms with E-state index in [-0.39, 0.29) is 43.5 Å². The van der Waals surface area contributed by atoms with Crippen LogP contribution >= 0.6 is 0 Å². The zero-order chi connectivity index (χ0) is 22.1. The molecule has 1 aromatic carbocycles. The van der Waals surface area contributed by atoms with Crippen LogP contribution in [0.15, 0.2) is 42.5 Å². The van der Waals surface area contributed by atoms with Crippen molar-refractivity contribution in [1.82, 2.24) is 10.2 Å². The summed E-state index contributed by atoms with van der Waals surface area (Å²) in [5.41, 5.74) is 1.03. The van der Waals surface area contributed by atoms with Gasteiger partial charge in [-0.1, -0.05) is 42.5 Å². The van der Waals surface area contributed by atoms with Gasteiger partial charge >= 0.3 is 5.97 Å². The number of nitrogens with zero attached hydrogens (tertiary/aromatic N) is 1. The highest BCUT2D eigenvalue weighted by Crippen LogP contribution is 2.24. The van der Waals surface area contributed by atoms with Crippen LogP contribution < -0.4 is 5.32 Å². The maximum atomic E-state index is 13.2. The summed E-state index contributed by atoms with van der Waals surface area (Å²) in [7, 11) is 0. The van der Waals surface area contributed by atoms with Crippen LogP contribution in [0.25, 0.3) is 0 Å². The van der Waals surface area contributed by atoms with E-state index < -0.39 is 12.0 Å². The number of esters is 1. The number of fused-ring (bicyclic) bond motifs is 1. The Labute approximate surface area is 183 Å². The fraction of sp³-hybridized carbons (Fsp3) is 0.542. The number of cyclic esters (lactones) is 1. The predicted octanol–water partition coefficient (Wildman–Crippen LogP) is 1.99. The average molecular weight is 429 g/mol. The molecule has 0 saturated carbocycles. The van der Waals surface area contributed by atoms with Crippen molar-refractivity contribution in [3.63, 3.8) is 0 Å². The second-order valence-electron chi connectivity index (χ2n) is 8.29. The first-order valence-electron chi connectivity index (χ1n) is 11.1. The van der Waals surface area contributed by atoms with E-state index in [2.05, 4.69) is 5.32 Å². The molecule has 31 heavy (non-hydrogen) atoms. The predicted molar refractivity (Wildman–Crippen MR) is 116 cm³/mol. The summed E-state index contributed by atoms with van der Waals surface area (Å²) in [6, 6.07) is 9.16. The third kappa shape index (κ3) is 6.92. The fourth-order valence-corrected chi connectivity index (χ4v) is 4.22. The van der Waals surface area contributed by atoms with Gasteiger partial charge in [0.25, 0.3) is 0 Å². The van der Waals surface area contributed by atoms with Gasteiger partial charge in [0.15, 0.2) is 0 Å². The number of aliphatic hydroxyl groups excluding tert-OH is 1. The molecule has 168 valence electrons. The first-order valence-corrected chi connectivity index (χ1v) is 11.1. The van der Waals surface area contributed by atoms with Crippen molar-refractivity contribution < 1.29 is 24.2 Å². The third-order valence-electron chi connectivity index (χ3n) is 5.89. The Morgan fingerprint density at radius 2 is 2.03 bits per heavy atom. The summed E-state index contributed by atoms with van der Waals surface area (Å²) in [6.07, 6.45) is 7.34. The SMILES string of the molecule is O=C(C[C@H]1CC=CCCC(=O)OC[C@@H]2CCCN2C1=O)N[C@@H](CO)Cc1ccccc1. The van der Waals surface area contributed by atoms with Crippen LogP contribution in [0.1, 0.15) is 44.1 Å². The molecule has 3 atom stereocenters. The summed E-state index contributed by atoms with van der Waals surface area (Å²) < 4.78 is 5.34. The first kappa shape index (κ1) is 23.0. The van der Waals surface area contributed by atoms with Gasteiger partial charge in [-0.2, -0.15) is 0 Å². The van der Waals surface area contributed by atoms with Crippen molar-refractivity contribution in [1.29, 1.82) is 0 Å². The Bertz CT molecular complexity index is 779. The third-order valence-corrected chi connectivity index (χ3v) is 5.89. The molecule has 2 heterocycles. The number of ether oxygens (including phenoxy) is 1. The smallest absolute Gasteiger partial charge is 0.306 e. The molecule has 2 aliphatic rings. The summed E-state index contributed by atoms with van der Waals surface area (Å²) in [6.45, 7) is 0.672. The fourth-order valence-electron chi connectivity index (χ4n) is 4.22. The number of hydrogen-bond acceptors (Lipinski definition) is 5. The van der Waals surface area contributed by atoms with Crippen LogP contribution in [-0.2, 0) is 25.5 Å². The number of rotatable bonds is 6. The second-order valence-corrected chi connectivity index (χ2v) is 8.29. The summed E-state index contributed by atoms with van der Waals surface area (Å²) in [5, 5.41) is 12.6. The standard InChI is InChI=1S/C24H32N2O5/c27-16-20(14-18-8-3-1-4-9-18)25-22(28)15-19-10-5-2-6-12-23(29)31-17-21-11-7-13-26(21)24(19)30/h1-5,8-9,19-21,27H,6-7,10-17H2,(H,25,28)/t19-,20-,21+/m1/s1. The van der Waals surface area contributed by atoms with E-state index in [0.29, 0.717) is 32.2 Å². The van der Waals surface area contributed by atoms with Gasteiger partial charge in [-0.25, -0.2) is 0 Å². The van der Waals surface area contributed by atoms with E-state index in [0.717, 1.165) is 18.4 Å². The number of carbonyl (C=O) groups excluding carboxylic acids is 3. The molecular formula is C24H32N2O5. The zero-order valence-electron chi connectivity index (χ0n) is 17.9. The number of amides is 2. The molecule has 3 rings (SSSR count). The van der Waals surface area contributed by atoms with Gasteiger partial charge in [0.1, 0.15) is 6.61 Å². The molecule has 2 aliphatic heterocycles. The molecule has 1 fully saturated rings. The topological polar surface area (TPSA) is 95.9 Å². The van der Waals surface area contributed by atoms with E-state index in [4.69, 9.17) is 4.74 Å². The highest BCUT2D eigenvalue weighted by molar-refractivity contribution is 5.86. The highest BCUT2D eigenvalue weighted by Gasteiger charge is 2.34. The lowest BCUT2D eigenvalue weighted by Gasteiger charge is -2.29. The van der Waals surface area contributed by atoms with Crippen LogP contribution in [0.4, 0.5) is 0 Å². The Balaban J connectivity index is 1.64. The number of benzene rings is 1. The molecule has 2 amide bonds. The van der Waals surface area contributed by atoms with Gasteiger partial charge < -0.3 is 20.1 Å². The quantitative estimate of drug-likeness (QED) is 0.534. The van der Waals surface area contributed by atoms with E-state index in [9.17, 15) is 19.5 Å². The largest absolute Gasteiger partial charge is 0.463 e. The molecule has 2 N–H and O–H groups in total. The molecule has 7 heteroatoms. The van der Waals surface area contributed by atoms with Gasteiger partial charge in [0.05, 0.1) is 24.6 Å². The average Bonchev–Trinajstić information content (AvgIpc) is 3.24. The molecule has 0 spiro atoms. The van der Waals surface area contributed by atoms with Crippen molar-refractivity contribution in [2.75, 3.05) is 19.8 Å². The molecule has 0 unspecified atom stereocenters. The minimum Gasteiger partial charge on any atom is -0.463 e. The number of carbonyl (C=O) groups is 3. The van der Waals surface area contributed by atoms with Crippen LogP contribution in [0.3, 0.4) is 0 Å². The molecule has 1 aromatic rings. The lowest BCUT2D eigenvalue weighted by atomic mass is 9.97. The maximum absolute atomic E-state index is 13.2. The van der Waals surface area contributed by atoms with Crippen LogP contribution in [-0.4, -0.2) is 59.6 Å². The van der Waals surface area contributed by atoms with Gasteiger partial charge in [0, 0.05) is 19.4 Å². The van der Waals surface area contributed by atoms with Gasteiger partial charge in [-0.15, -0.1) is 0 Å². The van der Waals surface area contributed by atoms with Crippen molar-refractivity contribution in [2.24, 2.45) is 5.92 Å². The normalized spacial score (nSPS) is 23.3. The molecular weight excluding hydrogens is 396 g/mol. The van der Waals surface area contributed by atoms with Crippen LogP contribution in [0.5, 0.6) is 0 Å². The van der Waals surface area contributed by atoms with E-state index in [1.54, 1.807) is 4.90 Å². The minimum absolute atomic E-state index is 0.0669. The second kappa shape index (κ2) is 11.6. The van der Waals surface area contributed by atoms with Crippen molar-refractivity contribution in [3.8, 4) is 0 Å². The Kier molecular flexibility index (Phi) is 8.64. The number of hydrogen-bond donors (Lipinski definition) is 2. The molecule has 0 aromatic heterocycles. The number of nitrogens with one attached hydrogen (secondary N) is 1. The van der Waals surface area contributed by atoms with Gasteiger partial charge in [0.2, 0.25) is 11.8 Å². The highest BCUT2D eigenvalue weighted by atomic mass is 16.5. The van der Waals surface area contributed by atoms with Gasteiger partial charge in [-0.3, -0.25) is 14.4 Å². The summed E-state index contributed by atoms with van der Waals surface area (Å²) in [5.74, 6) is -1.02. The van der Waals surface area contributed by atoms with Crippen LogP contribution in [0.2, 0.25) is 0 Å². The lowest BCUT2D eigenvalue weighted by Crippen LogP contribution is -2.45. The van der Waals surface area contributed by atoms with E-state index in [1.807, 2.05) is 42.5 Å². The monoisotopic (exact) mass is 428 g/mol.